The first-order chi connectivity index (χ1) is 10.4. The lowest BCUT2D eigenvalue weighted by Gasteiger charge is -2.29. The summed E-state index contributed by atoms with van der Waals surface area (Å²) in [5.41, 5.74) is 8.08. The van der Waals surface area contributed by atoms with Gasteiger partial charge in [0.05, 0.1) is 11.9 Å². The number of nitrogens with two attached hydrogens (primary N) is 1. The number of hydrogen-bond donors (Lipinski definition) is 1. The Hall–Kier alpha value is -1.60. The Bertz CT molecular complexity index is 702. The van der Waals surface area contributed by atoms with Crippen LogP contribution >= 0.6 is 0 Å². The van der Waals surface area contributed by atoms with Gasteiger partial charge in [0.25, 0.3) is 5.91 Å². The summed E-state index contributed by atoms with van der Waals surface area (Å²) in [4.78, 5) is 14.3. The van der Waals surface area contributed by atoms with E-state index in [1.54, 1.807) is 17.0 Å². The molecule has 1 fully saturated rings. The van der Waals surface area contributed by atoms with Crippen molar-refractivity contribution < 1.29 is 13.2 Å². The molecule has 3 rings (SSSR count). The quantitative estimate of drug-likeness (QED) is 0.862. The van der Waals surface area contributed by atoms with Crippen LogP contribution in [0.25, 0.3) is 0 Å². The molecule has 0 radical (unpaired) electrons. The first kappa shape index (κ1) is 15.3. The summed E-state index contributed by atoms with van der Waals surface area (Å²) >= 11 is 0. The monoisotopic (exact) mass is 323 g/mol. The second-order valence-electron chi connectivity index (χ2n) is 6.08. The maximum Gasteiger partial charge on any atom is 0.253 e. The van der Waals surface area contributed by atoms with Crippen molar-refractivity contribution in [3.63, 3.8) is 0 Å². The first-order valence-electron chi connectivity index (χ1n) is 7.52. The SMILES string of the molecule is CS(=O)(=O)N1CCCc2cc(C(=O)N3CC[C@@H](N)C3)ccc21. The van der Waals surface area contributed by atoms with Crippen molar-refractivity contribution in [3.05, 3.63) is 29.3 Å². The lowest BCUT2D eigenvalue weighted by atomic mass is 10.0. The number of aryl methyl sites for hydroxylation is 1. The standard InChI is InChI=1S/C15H21N3O3S/c1-22(20,21)18-7-2-3-11-9-12(4-5-14(11)18)15(19)17-8-6-13(16)10-17/h4-5,9,13H,2-3,6-8,10,16H2,1H3/t13-/m1/s1. The molecule has 1 atom stereocenters. The molecule has 1 saturated heterocycles. The second kappa shape index (κ2) is 5.55. The zero-order valence-corrected chi connectivity index (χ0v) is 13.5. The highest BCUT2D eigenvalue weighted by atomic mass is 32.2. The Balaban J connectivity index is 1.89. The molecule has 0 spiro atoms. The van der Waals surface area contributed by atoms with Gasteiger partial charge in [-0.1, -0.05) is 0 Å². The van der Waals surface area contributed by atoms with Gasteiger partial charge in [-0.15, -0.1) is 0 Å². The van der Waals surface area contributed by atoms with Crippen molar-refractivity contribution in [2.24, 2.45) is 5.73 Å². The van der Waals surface area contributed by atoms with E-state index in [1.165, 1.54) is 10.6 Å². The van der Waals surface area contributed by atoms with Crippen LogP contribution in [-0.4, -0.2) is 51.2 Å². The Kier molecular flexibility index (Phi) is 3.86. The molecule has 1 aromatic rings. The number of benzene rings is 1. The van der Waals surface area contributed by atoms with Crippen molar-refractivity contribution in [1.82, 2.24) is 4.90 Å². The highest BCUT2D eigenvalue weighted by molar-refractivity contribution is 7.92. The van der Waals surface area contributed by atoms with Gasteiger partial charge in [-0.3, -0.25) is 9.10 Å². The molecule has 0 unspecified atom stereocenters. The van der Waals surface area contributed by atoms with Crippen molar-refractivity contribution in [3.8, 4) is 0 Å². The Morgan fingerprint density at radius 2 is 2.09 bits per heavy atom. The van der Waals surface area contributed by atoms with E-state index in [2.05, 4.69) is 0 Å². The molecule has 120 valence electrons. The fraction of sp³-hybridized carbons (Fsp3) is 0.533. The third kappa shape index (κ3) is 2.83. The molecule has 0 saturated carbocycles. The van der Waals surface area contributed by atoms with Crippen molar-refractivity contribution in [2.45, 2.75) is 25.3 Å². The lowest BCUT2D eigenvalue weighted by molar-refractivity contribution is 0.0791. The molecule has 22 heavy (non-hydrogen) atoms. The van der Waals surface area contributed by atoms with Gasteiger partial charge in [-0.25, -0.2) is 8.42 Å². The van der Waals surface area contributed by atoms with E-state index in [1.807, 2.05) is 6.07 Å². The molecule has 0 aromatic heterocycles. The third-order valence-corrected chi connectivity index (χ3v) is 5.49. The number of fused-ring (bicyclic) bond motifs is 1. The number of amides is 1. The van der Waals surface area contributed by atoms with E-state index in [0.717, 1.165) is 24.8 Å². The smallest absolute Gasteiger partial charge is 0.253 e. The molecule has 7 heteroatoms. The van der Waals surface area contributed by atoms with Crippen LogP contribution in [0.15, 0.2) is 18.2 Å². The molecule has 0 bridgehead atoms. The minimum Gasteiger partial charge on any atom is -0.337 e. The summed E-state index contributed by atoms with van der Waals surface area (Å²) < 4.78 is 25.1. The number of carbonyl (C=O) groups is 1. The van der Waals surface area contributed by atoms with Crippen molar-refractivity contribution in [1.29, 1.82) is 0 Å². The molecule has 2 N–H and O–H groups in total. The van der Waals surface area contributed by atoms with Gasteiger partial charge in [0.2, 0.25) is 10.0 Å². The normalized spacial score (nSPS) is 21.8. The van der Waals surface area contributed by atoms with E-state index >= 15 is 0 Å². The number of sulfonamides is 1. The summed E-state index contributed by atoms with van der Waals surface area (Å²) in [6, 6.07) is 5.36. The summed E-state index contributed by atoms with van der Waals surface area (Å²) in [5, 5.41) is 0. The lowest BCUT2D eigenvalue weighted by Crippen LogP contribution is -2.35. The maximum absolute atomic E-state index is 12.5. The van der Waals surface area contributed by atoms with Crippen LogP contribution in [0.5, 0.6) is 0 Å². The van der Waals surface area contributed by atoms with Crippen LogP contribution in [0, 0.1) is 0 Å². The van der Waals surface area contributed by atoms with Crippen LogP contribution in [0.1, 0.15) is 28.8 Å². The van der Waals surface area contributed by atoms with E-state index in [4.69, 9.17) is 5.73 Å². The minimum atomic E-state index is -3.27. The number of likely N-dealkylation sites (tertiary alicyclic amines) is 1. The fourth-order valence-electron chi connectivity index (χ4n) is 3.19. The Morgan fingerprint density at radius 3 is 2.73 bits per heavy atom. The molecular weight excluding hydrogens is 302 g/mol. The number of anilines is 1. The molecule has 2 aliphatic heterocycles. The molecular formula is C15H21N3O3S. The highest BCUT2D eigenvalue weighted by Crippen LogP contribution is 2.30. The van der Waals surface area contributed by atoms with E-state index in [-0.39, 0.29) is 11.9 Å². The topological polar surface area (TPSA) is 83.7 Å². The van der Waals surface area contributed by atoms with Gasteiger partial charge in [0.1, 0.15) is 0 Å². The number of hydrogen-bond acceptors (Lipinski definition) is 4. The molecule has 1 aromatic carbocycles. The van der Waals surface area contributed by atoms with Crippen molar-refractivity contribution >= 4 is 21.6 Å². The molecule has 0 aliphatic carbocycles. The van der Waals surface area contributed by atoms with Gasteiger partial charge in [-0.2, -0.15) is 0 Å². The van der Waals surface area contributed by atoms with Crippen LogP contribution in [0.2, 0.25) is 0 Å². The second-order valence-corrected chi connectivity index (χ2v) is 7.99. The van der Waals surface area contributed by atoms with E-state index in [0.29, 0.717) is 30.9 Å². The summed E-state index contributed by atoms with van der Waals surface area (Å²) in [7, 11) is -3.27. The van der Waals surface area contributed by atoms with Crippen LogP contribution in [0.3, 0.4) is 0 Å². The van der Waals surface area contributed by atoms with E-state index in [9.17, 15) is 13.2 Å². The Labute approximate surface area is 130 Å². The Morgan fingerprint density at radius 1 is 1.32 bits per heavy atom. The summed E-state index contributed by atoms with van der Waals surface area (Å²) in [5.74, 6) is -0.0211. The summed E-state index contributed by atoms with van der Waals surface area (Å²) in [6.45, 7) is 1.78. The average molecular weight is 323 g/mol. The van der Waals surface area contributed by atoms with Gasteiger partial charge < -0.3 is 10.6 Å². The minimum absolute atomic E-state index is 0.0211. The van der Waals surface area contributed by atoms with Crippen molar-refractivity contribution in [2.75, 3.05) is 30.2 Å². The zero-order valence-electron chi connectivity index (χ0n) is 12.7. The third-order valence-electron chi connectivity index (χ3n) is 4.31. The molecule has 2 heterocycles. The fourth-order valence-corrected chi connectivity index (χ4v) is 4.19. The van der Waals surface area contributed by atoms with E-state index < -0.39 is 10.0 Å². The molecule has 2 aliphatic rings. The van der Waals surface area contributed by atoms with Gasteiger partial charge in [-0.05, 0) is 43.0 Å². The summed E-state index contributed by atoms with van der Waals surface area (Å²) in [6.07, 6.45) is 3.61. The number of nitrogens with zero attached hydrogens (tertiary/aromatic N) is 2. The molecule has 1 amide bonds. The number of rotatable bonds is 2. The average Bonchev–Trinajstić information content (AvgIpc) is 2.91. The van der Waals surface area contributed by atoms with Crippen LogP contribution < -0.4 is 10.0 Å². The van der Waals surface area contributed by atoms with Gasteiger partial charge in [0, 0.05) is 31.2 Å². The highest BCUT2D eigenvalue weighted by Gasteiger charge is 2.27. The van der Waals surface area contributed by atoms with Crippen LogP contribution in [0.4, 0.5) is 5.69 Å². The number of carbonyl (C=O) groups excluding carboxylic acids is 1. The predicted molar refractivity (Wildman–Crippen MR) is 85.4 cm³/mol. The first-order valence-corrected chi connectivity index (χ1v) is 9.36. The largest absolute Gasteiger partial charge is 0.337 e. The maximum atomic E-state index is 12.5. The predicted octanol–water partition coefficient (Wildman–Crippen LogP) is 0.572. The van der Waals surface area contributed by atoms with Crippen LogP contribution in [-0.2, 0) is 16.4 Å². The zero-order chi connectivity index (χ0) is 15.9. The van der Waals surface area contributed by atoms with Gasteiger partial charge in [0.15, 0.2) is 0 Å². The molecule has 6 nitrogen and oxygen atoms in total. The van der Waals surface area contributed by atoms with Gasteiger partial charge >= 0.3 is 0 Å².